The first-order valence-corrected chi connectivity index (χ1v) is 13.5. The van der Waals surface area contributed by atoms with Crippen LogP contribution >= 0.6 is 22.7 Å². The van der Waals surface area contributed by atoms with Gasteiger partial charge in [0.2, 0.25) is 0 Å². The molecule has 4 rings (SSSR count). The first-order valence-electron chi connectivity index (χ1n) is 11.8. The molecule has 0 aliphatic heterocycles. The standard InChI is InChI=1S/C27H26N4O5S2/c32-25(17-35-26(33)30-14-22-12-28-18-37-22)24(11-20-7-3-1-4-8-20)31(15-21-9-5-2-6-10-21)27(34)36-16-23-13-29-19-38-23/h1-10,12-13,18-19,24H,11,14-17H2,(H,30,33). The highest BCUT2D eigenvalue weighted by Gasteiger charge is 2.32. The van der Waals surface area contributed by atoms with E-state index < -0.39 is 30.6 Å². The molecule has 11 heteroatoms. The van der Waals surface area contributed by atoms with Crippen LogP contribution in [0.3, 0.4) is 0 Å². The van der Waals surface area contributed by atoms with E-state index in [1.165, 1.54) is 27.6 Å². The van der Waals surface area contributed by atoms with E-state index in [1.54, 1.807) is 23.4 Å². The Morgan fingerprint density at radius 2 is 1.47 bits per heavy atom. The summed E-state index contributed by atoms with van der Waals surface area (Å²) in [6, 6.07) is 17.8. The van der Waals surface area contributed by atoms with Crippen LogP contribution in [0.2, 0.25) is 0 Å². The number of nitrogens with one attached hydrogen (secondary N) is 1. The summed E-state index contributed by atoms with van der Waals surface area (Å²) < 4.78 is 10.8. The molecular formula is C27H26N4O5S2. The number of Topliss-reactive ketones (excluding diaryl/α,β-unsaturated/α-hetero) is 1. The third-order valence-corrected chi connectivity index (χ3v) is 7.04. The number of hydrogen-bond donors (Lipinski definition) is 1. The molecule has 0 radical (unpaired) electrons. The lowest BCUT2D eigenvalue weighted by Gasteiger charge is -2.30. The summed E-state index contributed by atoms with van der Waals surface area (Å²) in [6.07, 6.45) is 2.13. The average Bonchev–Trinajstić information content (AvgIpc) is 3.67. The SMILES string of the molecule is O=C(NCc1cncs1)OCC(=O)C(Cc1ccccc1)N(Cc1ccccc1)C(=O)OCc1cncs1. The molecular weight excluding hydrogens is 524 g/mol. The summed E-state index contributed by atoms with van der Waals surface area (Å²) in [6.45, 7) is -0.0741. The molecule has 0 bridgehead atoms. The van der Waals surface area contributed by atoms with E-state index in [1.807, 2.05) is 60.7 Å². The lowest BCUT2D eigenvalue weighted by atomic mass is 10.0. The van der Waals surface area contributed by atoms with Crippen LogP contribution in [0, 0.1) is 0 Å². The largest absolute Gasteiger partial charge is 0.444 e. The number of alkyl carbamates (subject to hydrolysis) is 1. The number of amides is 2. The Labute approximate surface area is 228 Å². The fourth-order valence-corrected chi connectivity index (χ4v) is 4.66. The van der Waals surface area contributed by atoms with Crippen LogP contribution in [0.15, 0.2) is 84.1 Å². The quantitative estimate of drug-likeness (QED) is 0.269. The van der Waals surface area contributed by atoms with E-state index in [2.05, 4.69) is 15.3 Å². The molecule has 2 heterocycles. The van der Waals surface area contributed by atoms with E-state index >= 15 is 0 Å². The maximum Gasteiger partial charge on any atom is 0.411 e. The van der Waals surface area contributed by atoms with Crippen molar-refractivity contribution in [3.63, 3.8) is 0 Å². The third-order valence-electron chi connectivity index (χ3n) is 5.51. The summed E-state index contributed by atoms with van der Waals surface area (Å²) >= 11 is 2.77. The van der Waals surface area contributed by atoms with Gasteiger partial charge in [-0.3, -0.25) is 19.7 Å². The highest BCUT2D eigenvalue weighted by molar-refractivity contribution is 7.09. The number of thiazole rings is 2. The molecule has 9 nitrogen and oxygen atoms in total. The Hall–Kier alpha value is -4.09. The van der Waals surface area contributed by atoms with Crippen LogP contribution in [-0.2, 0) is 40.4 Å². The van der Waals surface area contributed by atoms with Gasteiger partial charge in [-0.25, -0.2) is 9.59 Å². The van der Waals surface area contributed by atoms with Gasteiger partial charge >= 0.3 is 12.2 Å². The average molecular weight is 551 g/mol. The molecule has 2 aromatic heterocycles. The van der Waals surface area contributed by atoms with Crippen LogP contribution in [0.1, 0.15) is 20.9 Å². The number of carbonyl (C=O) groups excluding carboxylic acids is 3. The Kier molecular flexibility index (Phi) is 9.94. The van der Waals surface area contributed by atoms with Crippen molar-refractivity contribution in [1.82, 2.24) is 20.2 Å². The lowest BCUT2D eigenvalue weighted by Crippen LogP contribution is -2.47. The molecule has 0 spiro atoms. The second-order valence-corrected chi connectivity index (χ2v) is 10.1. The second kappa shape index (κ2) is 14.0. The summed E-state index contributed by atoms with van der Waals surface area (Å²) in [4.78, 5) is 50.1. The zero-order valence-electron chi connectivity index (χ0n) is 20.4. The molecule has 0 saturated heterocycles. The van der Waals surface area contributed by atoms with Crippen LogP contribution in [-0.4, -0.2) is 45.5 Å². The lowest BCUT2D eigenvalue weighted by molar-refractivity contribution is -0.127. The number of aromatic nitrogens is 2. The zero-order chi connectivity index (χ0) is 26.6. The molecule has 2 amide bonds. The predicted molar refractivity (Wildman–Crippen MR) is 144 cm³/mol. The fourth-order valence-electron chi connectivity index (χ4n) is 3.62. The number of nitrogens with zero attached hydrogens (tertiary/aromatic N) is 3. The van der Waals surface area contributed by atoms with Crippen molar-refractivity contribution in [3.8, 4) is 0 Å². The number of hydrogen-bond acceptors (Lipinski definition) is 9. The summed E-state index contributed by atoms with van der Waals surface area (Å²) in [5, 5.41) is 2.60. The maximum atomic E-state index is 13.5. The van der Waals surface area contributed by atoms with E-state index in [9.17, 15) is 14.4 Å². The number of carbonyl (C=O) groups is 3. The molecule has 0 saturated carbocycles. The Bertz CT molecular complexity index is 1290. The summed E-state index contributed by atoms with van der Waals surface area (Å²) in [5.41, 5.74) is 5.00. The first kappa shape index (κ1) is 27.0. The van der Waals surface area contributed by atoms with Crippen molar-refractivity contribution in [2.75, 3.05) is 6.61 Å². The van der Waals surface area contributed by atoms with Gasteiger partial charge in [0.05, 0.1) is 22.4 Å². The van der Waals surface area contributed by atoms with Gasteiger partial charge in [0.25, 0.3) is 0 Å². The minimum Gasteiger partial charge on any atom is -0.444 e. The molecule has 1 N–H and O–H groups in total. The number of benzene rings is 2. The van der Waals surface area contributed by atoms with Crippen LogP contribution in [0.4, 0.5) is 9.59 Å². The topological polar surface area (TPSA) is 111 Å². The minimum atomic E-state index is -0.930. The molecule has 0 fully saturated rings. The van der Waals surface area contributed by atoms with E-state index in [0.717, 1.165) is 20.9 Å². The van der Waals surface area contributed by atoms with Gasteiger partial charge in [-0.15, -0.1) is 22.7 Å². The molecule has 0 aliphatic rings. The Morgan fingerprint density at radius 1 is 0.842 bits per heavy atom. The minimum absolute atomic E-state index is 0.0392. The smallest absolute Gasteiger partial charge is 0.411 e. The Morgan fingerprint density at radius 3 is 2.11 bits per heavy atom. The predicted octanol–water partition coefficient (Wildman–Crippen LogP) is 4.85. The molecule has 1 unspecified atom stereocenters. The summed E-state index contributed by atoms with van der Waals surface area (Å²) in [7, 11) is 0. The van der Waals surface area contributed by atoms with Gasteiger partial charge in [-0.2, -0.15) is 0 Å². The van der Waals surface area contributed by atoms with Crippen molar-refractivity contribution < 1.29 is 23.9 Å². The van der Waals surface area contributed by atoms with E-state index in [0.29, 0.717) is 0 Å². The molecule has 4 aromatic rings. The van der Waals surface area contributed by atoms with E-state index in [4.69, 9.17) is 9.47 Å². The van der Waals surface area contributed by atoms with Crippen molar-refractivity contribution >= 4 is 40.6 Å². The molecule has 2 aromatic carbocycles. The van der Waals surface area contributed by atoms with Gasteiger partial charge in [-0.05, 0) is 11.1 Å². The summed E-state index contributed by atoms with van der Waals surface area (Å²) in [5.74, 6) is -0.424. The van der Waals surface area contributed by atoms with Gasteiger partial charge < -0.3 is 14.8 Å². The molecule has 196 valence electrons. The Balaban J connectivity index is 1.50. The monoisotopic (exact) mass is 550 g/mol. The van der Waals surface area contributed by atoms with Gasteiger partial charge in [-0.1, -0.05) is 60.7 Å². The molecule has 38 heavy (non-hydrogen) atoms. The normalized spacial score (nSPS) is 11.4. The molecule has 1 atom stereocenters. The number of ketones is 1. The van der Waals surface area contributed by atoms with Crippen molar-refractivity contribution in [2.24, 2.45) is 0 Å². The van der Waals surface area contributed by atoms with Crippen molar-refractivity contribution in [1.29, 1.82) is 0 Å². The van der Waals surface area contributed by atoms with E-state index in [-0.39, 0.29) is 26.1 Å². The second-order valence-electron chi connectivity index (χ2n) is 8.21. The van der Waals surface area contributed by atoms with Crippen molar-refractivity contribution in [3.05, 3.63) is 105 Å². The van der Waals surface area contributed by atoms with Gasteiger partial charge in [0.1, 0.15) is 12.6 Å². The fraction of sp³-hybridized carbons (Fsp3) is 0.222. The third kappa shape index (κ3) is 8.22. The van der Waals surface area contributed by atoms with Crippen molar-refractivity contribution in [2.45, 2.75) is 32.2 Å². The highest BCUT2D eigenvalue weighted by atomic mass is 32.1. The van der Waals surface area contributed by atoms with Gasteiger partial charge in [0.15, 0.2) is 12.4 Å². The van der Waals surface area contributed by atoms with Crippen LogP contribution < -0.4 is 5.32 Å². The molecule has 0 aliphatic carbocycles. The van der Waals surface area contributed by atoms with Crippen LogP contribution in [0.25, 0.3) is 0 Å². The van der Waals surface area contributed by atoms with Crippen LogP contribution in [0.5, 0.6) is 0 Å². The zero-order valence-corrected chi connectivity index (χ0v) is 22.0. The number of ether oxygens (including phenoxy) is 2. The number of rotatable bonds is 12. The highest BCUT2D eigenvalue weighted by Crippen LogP contribution is 2.18. The maximum absolute atomic E-state index is 13.5. The van der Waals surface area contributed by atoms with Gasteiger partial charge in [0, 0.05) is 30.2 Å². The first-order chi connectivity index (χ1) is 18.6.